The number of hydrogen-bond acceptors (Lipinski definition) is 5. The largest absolute Gasteiger partial charge is 0.390 e. The number of nitrogens with zero attached hydrogens (tertiary/aromatic N) is 3. The van der Waals surface area contributed by atoms with E-state index in [-0.39, 0.29) is 6.01 Å². The van der Waals surface area contributed by atoms with Gasteiger partial charge in [-0.05, 0) is 18.8 Å². The molecule has 1 saturated carbocycles. The number of hydrogen-bond donors (Lipinski definition) is 1. The van der Waals surface area contributed by atoms with Crippen molar-refractivity contribution in [2.75, 3.05) is 24.2 Å². The highest BCUT2D eigenvalue weighted by Gasteiger charge is 2.24. The van der Waals surface area contributed by atoms with Gasteiger partial charge in [0.1, 0.15) is 0 Å². The molecule has 1 aliphatic rings. The first-order valence-electron chi connectivity index (χ1n) is 4.06. The molecule has 2 N–H and O–H groups in total. The molecule has 5 heteroatoms. The third kappa shape index (κ3) is 1.49. The fraction of sp³-hybridized carbons (Fsp3) is 0.714. The van der Waals surface area contributed by atoms with Crippen LogP contribution in [0.5, 0.6) is 0 Å². The molecule has 1 aromatic heterocycles. The van der Waals surface area contributed by atoms with Gasteiger partial charge in [-0.15, -0.1) is 0 Å². The van der Waals surface area contributed by atoms with Crippen molar-refractivity contribution in [3.05, 3.63) is 0 Å². The molecule has 0 spiro atoms. The molecule has 0 amide bonds. The Morgan fingerprint density at radius 2 is 2.33 bits per heavy atom. The Bertz CT molecular complexity index is 268. The maximum Gasteiger partial charge on any atom is 0.319 e. The van der Waals surface area contributed by atoms with Gasteiger partial charge in [-0.2, -0.15) is 0 Å². The Kier molecular flexibility index (Phi) is 1.64. The number of nitrogen functional groups attached to an aromatic ring is 1. The Morgan fingerprint density at radius 3 is 2.83 bits per heavy atom. The fourth-order valence-corrected chi connectivity index (χ4v) is 1.15. The molecule has 0 bridgehead atoms. The van der Waals surface area contributed by atoms with Crippen LogP contribution >= 0.6 is 0 Å². The molecule has 1 heterocycles. The van der Waals surface area contributed by atoms with Gasteiger partial charge in [0.2, 0.25) is 0 Å². The van der Waals surface area contributed by atoms with Gasteiger partial charge in [0.25, 0.3) is 0 Å². The Labute approximate surface area is 70.6 Å². The van der Waals surface area contributed by atoms with Gasteiger partial charge < -0.3 is 15.1 Å². The van der Waals surface area contributed by atoms with Crippen molar-refractivity contribution in [3.8, 4) is 0 Å². The lowest BCUT2D eigenvalue weighted by atomic mass is 10.4. The second kappa shape index (κ2) is 2.66. The van der Waals surface area contributed by atoms with Crippen molar-refractivity contribution in [3.63, 3.8) is 0 Å². The van der Waals surface area contributed by atoms with E-state index in [1.54, 1.807) is 0 Å². The molecular weight excluding hydrogens is 156 g/mol. The maximum atomic E-state index is 5.30. The summed E-state index contributed by atoms with van der Waals surface area (Å²) in [4.78, 5) is 1.95. The van der Waals surface area contributed by atoms with Crippen LogP contribution in [0.2, 0.25) is 0 Å². The minimum atomic E-state index is 0.132. The third-order valence-corrected chi connectivity index (χ3v) is 1.99. The molecule has 66 valence electrons. The van der Waals surface area contributed by atoms with Crippen LogP contribution in [0, 0.1) is 5.92 Å². The lowest BCUT2D eigenvalue weighted by Gasteiger charge is -2.11. The summed E-state index contributed by atoms with van der Waals surface area (Å²) in [6, 6.07) is 0.645. The second-order valence-corrected chi connectivity index (χ2v) is 3.25. The smallest absolute Gasteiger partial charge is 0.319 e. The van der Waals surface area contributed by atoms with E-state index in [1.165, 1.54) is 12.8 Å². The minimum absolute atomic E-state index is 0.132. The van der Waals surface area contributed by atoms with Gasteiger partial charge in [0, 0.05) is 13.6 Å². The minimum Gasteiger partial charge on any atom is -0.390 e. The molecule has 0 aromatic carbocycles. The van der Waals surface area contributed by atoms with Crippen LogP contribution < -0.4 is 10.6 Å². The summed E-state index contributed by atoms with van der Waals surface area (Å²) in [5.41, 5.74) is 5.30. The van der Waals surface area contributed by atoms with Crippen LogP contribution in [0.4, 0.5) is 12.0 Å². The van der Waals surface area contributed by atoms with Gasteiger partial charge in [-0.25, -0.2) is 0 Å². The monoisotopic (exact) mass is 168 g/mol. The topological polar surface area (TPSA) is 68.2 Å². The molecule has 5 nitrogen and oxygen atoms in total. The molecule has 0 aliphatic heterocycles. The van der Waals surface area contributed by atoms with Crippen molar-refractivity contribution >= 4 is 12.0 Å². The summed E-state index contributed by atoms with van der Waals surface area (Å²) >= 11 is 0. The van der Waals surface area contributed by atoms with Crippen LogP contribution in [0.15, 0.2) is 4.42 Å². The standard InChI is InChI=1S/C7H12N4O/c1-11(4-5-2-3-5)7-10-9-6(8)12-7/h5H,2-4H2,1H3,(H2,8,9). The van der Waals surface area contributed by atoms with Crippen LogP contribution in [-0.2, 0) is 0 Å². The van der Waals surface area contributed by atoms with E-state index in [9.17, 15) is 0 Å². The lowest BCUT2D eigenvalue weighted by Crippen LogP contribution is -2.20. The molecule has 1 aromatic rings. The van der Waals surface area contributed by atoms with Gasteiger partial charge >= 0.3 is 12.0 Å². The first-order valence-corrected chi connectivity index (χ1v) is 4.06. The quantitative estimate of drug-likeness (QED) is 0.711. The van der Waals surface area contributed by atoms with E-state index in [0.29, 0.717) is 6.01 Å². The average molecular weight is 168 g/mol. The summed E-state index contributed by atoms with van der Waals surface area (Å²) in [5.74, 6) is 0.808. The molecule has 1 aliphatic carbocycles. The van der Waals surface area contributed by atoms with Gasteiger partial charge in [-0.1, -0.05) is 10.2 Å². The number of nitrogens with two attached hydrogens (primary N) is 1. The summed E-state index contributed by atoms with van der Waals surface area (Å²) in [6.07, 6.45) is 2.63. The predicted molar refractivity (Wildman–Crippen MR) is 44.7 cm³/mol. The number of anilines is 2. The SMILES string of the molecule is CN(CC1CC1)c1nnc(N)o1. The van der Waals surface area contributed by atoms with Gasteiger partial charge in [0.15, 0.2) is 0 Å². The van der Waals surface area contributed by atoms with Crippen LogP contribution in [0.25, 0.3) is 0 Å². The molecule has 12 heavy (non-hydrogen) atoms. The number of aromatic nitrogens is 2. The molecular formula is C7H12N4O. The molecule has 0 unspecified atom stereocenters. The van der Waals surface area contributed by atoms with E-state index in [2.05, 4.69) is 10.2 Å². The number of rotatable bonds is 3. The molecule has 0 saturated heterocycles. The predicted octanol–water partition coefficient (Wildman–Crippen LogP) is 0.498. The molecule has 2 rings (SSSR count). The summed E-state index contributed by atoms with van der Waals surface area (Å²) in [6.45, 7) is 0.988. The van der Waals surface area contributed by atoms with E-state index in [4.69, 9.17) is 10.2 Å². The van der Waals surface area contributed by atoms with Crippen molar-refractivity contribution in [2.45, 2.75) is 12.8 Å². The fourth-order valence-electron chi connectivity index (χ4n) is 1.15. The zero-order chi connectivity index (χ0) is 8.55. The normalized spacial score (nSPS) is 16.4. The van der Waals surface area contributed by atoms with E-state index in [0.717, 1.165) is 12.5 Å². The van der Waals surface area contributed by atoms with Crippen LogP contribution in [-0.4, -0.2) is 23.8 Å². The molecule has 0 radical (unpaired) electrons. The highest BCUT2D eigenvalue weighted by Crippen LogP contribution is 2.30. The first-order chi connectivity index (χ1) is 5.75. The maximum absolute atomic E-state index is 5.30. The van der Waals surface area contributed by atoms with Crippen molar-refractivity contribution in [2.24, 2.45) is 5.92 Å². The zero-order valence-corrected chi connectivity index (χ0v) is 7.03. The van der Waals surface area contributed by atoms with E-state index in [1.807, 2.05) is 11.9 Å². The highest BCUT2D eigenvalue weighted by molar-refractivity contribution is 5.26. The molecule has 0 atom stereocenters. The third-order valence-electron chi connectivity index (χ3n) is 1.99. The summed E-state index contributed by atoms with van der Waals surface area (Å²) in [7, 11) is 1.94. The van der Waals surface area contributed by atoms with Gasteiger partial charge in [0.05, 0.1) is 0 Å². The van der Waals surface area contributed by atoms with Crippen LogP contribution in [0.3, 0.4) is 0 Å². The van der Waals surface area contributed by atoms with Crippen molar-refractivity contribution in [1.29, 1.82) is 0 Å². The van der Waals surface area contributed by atoms with Crippen LogP contribution in [0.1, 0.15) is 12.8 Å². The van der Waals surface area contributed by atoms with Gasteiger partial charge in [-0.3, -0.25) is 0 Å². The van der Waals surface area contributed by atoms with E-state index >= 15 is 0 Å². The Balaban J connectivity index is 1.97. The molecule has 1 fully saturated rings. The van der Waals surface area contributed by atoms with Crippen molar-refractivity contribution < 1.29 is 4.42 Å². The second-order valence-electron chi connectivity index (χ2n) is 3.25. The zero-order valence-electron chi connectivity index (χ0n) is 7.03. The summed E-state index contributed by atoms with van der Waals surface area (Å²) in [5, 5.41) is 7.37. The Morgan fingerprint density at radius 1 is 1.58 bits per heavy atom. The first kappa shape index (κ1) is 7.39. The Hall–Kier alpha value is -1.26. The highest BCUT2D eigenvalue weighted by atomic mass is 16.4. The average Bonchev–Trinajstić information content (AvgIpc) is 2.72. The lowest BCUT2D eigenvalue weighted by molar-refractivity contribution is 0.554. The summed E-state index contributed by atoms with van der Waals surface area (Å²) < 4.78 is 5.06. The van der Waals surface area contributed by atoms with Crippen molar-refractivity contribution in [1.82, 2.24) is 10.2 Å². The van der Waals surface area contributed by atoms with E-state index < -0.39 is 0 Å².